The lowest BCUT2D eigenvalue weighted by Gasteiger charge is -2.12. The van der Waals surface area contributed by atoms with Crippen molar-refractivity contribution in [2.45, 2.75) is 6.54 Å². The molecule has 3 heteroatoms. The zero-order chi connectivity index (χ0) is 12.3. The van der Waals surface area contributed by atoms with Gasteiger partial charge < -0.3 is 10.5 Å². The number of hydrogen-bond donors (Lipinski definition) is 1. The number of nitrogens with two attached hydrogens (primary N) is 1. The van der Waals surface area contributed by atoms with Crippen LogP contribution in [0.1, 0.15) is 5.56 Å². The van der Waals surface area contributed by atoms with Crippen molar-refractivity contribution < 1.29 is 4.74 Å². The highest BCUT2D eigenvalue weighted by Gasteiger charge is 2.09. The second-order valence-corrected chi connectivity index (χ2v) is 4.14. The fraction of sp³-hybridized carbons (Fsp3) is 0.143. The van der Waals surface area contributed by atoms with Gasteiger partial charge in [0.25, 0.3) is 0 Å². The number of benzene rings is 2. The lowest BCUT2D eigenvalue weighted by atomic mass is 9.99. The standard InChI is InChI=1S/C14H14ClNO/c1-17-14-5-3-2-4-12(14)13-8-11(15)7-6-10(13)9-16/h2-8H,9,16H2,1H3. The van der Waals surface area contributed by atoms with Crippen LogP contribution < -0.4 is 10.5 Å². The molecule has 0 heterocycles. The Morgan fingerprint density at radius 3 is 2.59 bits per heavy atom. The second-order valence-electron chi connectivity index (χ2n) is 3.71. The van der Waals surface area contributed by atoms with Crippen LogP contribution in [0.15, 0.2) is 42.5 Å². The summed E-state index contributed by atoms with van der Waals surface area (Å²) < 4.78 is 5.36. The summed E-state index contributed by atoms with van der Waals surface area (Å²) in [4.78, 5) is 0. The van der Waals surface area contributed by atoms with E-state index in [-0.39, 0.29) is 0 Å². The van der Waals surface area contributed by atoms with Gasteiger partial charge in [-0.3, -0.25) is 0 Å². The monoisotopic (exact) mass is 247 g/mol. The molecule has 0 aromatic heterocycles. The molecule has 0 atom stereocenters. The molecule has 0 amide bonds. The third kappa shape index (κ3) is 2.43. The molecule has 0 spiro atoms. The molecular formula is C14H14ClNO. The van der Waals surface area contributed by atoms with Crippen molar-refractivity contribution in [3.8, 4) is 16.9 Å². The Bertz CT molecular complexity index is 525. The first kappa shape index (κ1) is 12.0. The predicted octanol–water partition coefficient (Wildman–Crippen LogP) is 3.47. The predicted molar refractivity (Wildman–Crippen MR) is 71.3 cm³/mol. The fourth-order valence-electron chi connectivity index (χ4n) is 1.84. The number of methoxy groups -OCH3 is 1. The fourth-order valence-corrected chi connectivity index (χ4v) is 2.02. The van der Waals surface area contributed by atoms with Gasteiger partial charge in [0.2, 0.25) is 0 Å². The van der Waals surface area contributed by atoms with Gasteiger partial charge in [0.1, 0.15) is 5.75 Å². The minimum absolute atomic E-state index is 0.477. The van der Waals surface area contributed by atoms with Gasteiger partial charge in [0.05, 0.1) is 7.11 Å². The Morgan fingerprint density at radius 2 is 1.88 bits per heavy atom. The highest BCUT2D eigenvalue weighted by atomic mass is 35.5. The highest BCUT2D eigenvalue weighted by Crippen LogP contribution is 2.33. The summed E-state index contributed by atoms with van der Waals surface area (Å²) in [5.41, 5.74) is 8.84. The van der Waals surface area contributed by atoms with E-state index in [1.807, 2.05) is 42.5 Å². The van der Waals surface area contributed by atoms with Crippen LogP contribution in [0, 0.1) is 0 Å². The van der Waals surface area contributed by atoms with Crippen molar-refractivity contribution in [3.63, 3.8) is 0 Å². The Morgan fingerprint density at radius 1 is 1.12 bits per heavy atom. The second kappa shape index (κ2) is 5.21. The van der Waals surface area contributed by atoms with E-state index in [9.17, 15) is 0 Å². The zero-order valence-corrected chi connectivity index (χ0v) is 10.4. The molecule has 2 nitrogen and oxygen atoms in total. The van der Waals surface area contributed by atoms with Gasteiger partial charge in [-0.15, -0.1) is 0 Å². The Balaban J connectivity index is 2.62. The minimum atomic E-state index is 0.477. The molecule has 88 valence electrons. The van der Waals surface area contributed by atoms with E-state index in [0.717, 1.165) is 22.4 Å². The molecule has 2 rings (SSSR count). The Hall–Kier alpha value is -1.51. The van der Waals surface area contributed by atoms with Gasteiger partial charge in [-0.25, -0.2) is 0 Å². The summed E-state index contributed by atoms with van der Waals surface area (Å²) in [7, 11) is 1.66. The first-order valence-corrected chi connectivity index (χ1v) is 5.76. The topological polar surface area (TPSA) is 35.2 Å². The molecule has 2 N–H and O–H groups in total. The van der Waals surface area contributed by atoms with Gasteiger partial charge in [0, 0.05) is 17.1 Å². The normalized spacial score (nSPS) is 10.3. The van der Waals surface area contributed by atoms with Crippen LogP contribution in [0.4, 0.5) is 0 Å². The van der Waals surface area contributed by atoms with Crippen LogP contribution >= 0.6 is 11.6 Å². The quantitative estimate of drug-likeness (QED) is 0.901. The Labute approximate surface area is 106 Å². The van der Waals surface area contributed by atoms with Crippen LogP contribution in [-0.2, 0) is 6.54 Å². The molecule has 0 radical (unpaired) electrons. The highest BCUT2D eigenvalue weighted by molar-refractivity contribution is 6.30. The largest absolute Gasteiger partial charge is 0.496 e. The molecule has 0 unspecified atom stereocenters. The van der Waals surface area contributed by atoms with Crippen molar-refractivity contribution in [1.29, 1.82) is 0 Å². The van der Waals surface area contributed by atoms with Gasteiger partial charge in [-0.2, -0.15) is 0 Å². The van der Waals surface area contributed by atoms with E-state index in [0.29, 0.717) is 11.6 Å². The summed E-state index contributed by atoms with van der Waals surface area (Å²) in [5, 5.41) is 0.697. The minimum Gasteiger partial charge on any atom is -0.496 e. The molecular weight excluding hydrogens is 234 g/mol. The van der Waals surface area contributed by atoms with E-state index in [1.54, 1.807) is 7.11 Å². The number of para-hydroxylation sites is 1. The zero-order valence-electron chi connectivity index (χ0n) is 9.61. The summed E-state index contributed by atoms with van der Waals surface area (Å²) in [6, 6.07) is 13.6. The SMILES string of the molecule is COc1ccccc1-c1cc(Cl)ccc1CN. The van der Waals surface area contributed by atoms with Crippen LogP contribution in [0.5, 0.6) is 5.75 Å². The van der Waals surface area contributed by atoms with E-state index in [4.69, 9.17) is 22.1 Å². The number of ether oxygens (including phenoxy) is 1. The van der Waals surface area contributed by atoms with E-state index in [1.165, 1.54) is 0 Å². The molecule has 0 aliphatic rings. The van der Waals surface area contributed by atoms with Gasteiger partial charge in [-0.1, -0.05) is 35.9 Å². The van der Waals surface area contributed by atoms with Crippen molar-refractivity contribution in [2.24, 2.45) is 5.73 Å². The third-order valence-corrected chi connectivity index (χ3v) is 2.92. The van der Waals surface area contributed by atoms with E-state index >= 15 is 0 Å². The molecule has 0 bridgehead atoms. The van der Waals surface area contributed by atoms with Crippen LogP contribution in [0.25, 0.3) is 11.1 Å². The van der Waals surface area contributed by atoms with Gasteiger partial charge >= 0.3 is 0 Å². The summed E-state index contributed by atoms with van der Waals surface area (Å²) in [6.07, 6.45) is 0. The van der Waals surface area contributed by atoms with Crippen LogP contribution in [0.3, 0.4) is 0 Å². The molecule has 0 aliphatic heterocycles. The van der Waals surface area contributed by atoms with Gasteiger partial charge in [-0.05, 0) is 29.3 Å². The number of rotatable bonds is 3. The smallest absolute Gasteiger partial charge is 0.126 e. The van der Waals surface area contributed by atoms with Crippen LogP contribution in [-0.4, -0.2) is 7.11 Å². The molecule has 2 aromatic carbocycles. The maximum Gasteiger partial charge on any atom is 0.126 e. The van der Waals surface area contributed by atoms with Crippen molar-refractivity contribution in [3.05, 3.63) is 53.1 Å². The molecule has 0 fully saturated rings. The van der Waals surface area contributed by atoms with Crippen molar-refractivity contribution >= 4 is 11.6 Å². The molecule has 0 saturated carbocycles. The van der Waals surface area contributed by atoms with E-state index < -0.39 is 0 Å². The lowest BCUT2D eigenvalue weighted by molar-refractivity contribution is 0.416. The van der Waals surface area contributed by atoms with E-state index in [2.05, 4.69) is 0 Å². The number of halogens is 1. The summed E-state index contributed by atoms with van der Waals surface area (Å²) in [5.74, 6) is 0.824. The maximum absolute atomic E-state index is 6.04. The van der Waals surface area contributed by atoms with Gasteiger partial charge in [0.15, 0.2) is 0 Å². The first-order chi connectivity index (χ1) is 8.26. The molecule has 2 aromatic rings. The first-order valence-electron chi connectivity index (χ1n) is 5.38. The third-order valence-electron chi connectivity index (χ3n) is 2.69. The molecule has 0 saturated heterocycles. The average molecular weight is 248 g/mol. The molecule has 17 heavy (non-hydrogen) atoms. The maximum atomic E-state index is 6.04. The van der Waals surface area contributed by atoms with Crippen LogP contribution in [0.2, 0.25) is 5.02 Å². The summed E-state index contributed by atoms with van der Waals surface area (Å²) in [6.45, 7) is 0.477. The lowest BCUT2D eigenvalue weighted by Crippen LogP contribution is -1.99. The number of hydrogen-bond acceptors (Lipinski definition) is 2. The molecule has 0 aliphatic carbocycles. The van der Waals surface area contributed by atoms with Crippen molar-refractivity contribution in [2.75, 3.05) is 7.11 Å². The Kier molecular flexibility index (Phi) is 3.67. The summed E-state index contributed by atoms with van der Waals surface area (Å²) >= 11 is 6.04. The average Bonchev–Trinajstić information content (AvgIpc) is 2.38. The van der Waals surface area contributed by atoms with Crippen molar-refractivity contribution in [1.82, 2.24) is 0 Å².